The van der Waals surface area contributed by atoms with E-state index in [1.165, 1.54) is 7.11 Å². The van der Waals surface area contributed by atoms with Crippen LogP contribution in [-0.4, -0.2) is 26.5 Å². The molecule has 0 fully saturated rings. The number of ketones is 1. The quantitative estimate of drug-likeness (QED) is 0.797. The Morgan fingerprint density at radius 1 is 1.05 bits per heavy atom. The third kappa shape index (κ3) is 3.84. The number of rotatable bonds is 6. The smallest absolute Gasteiger partial charge is 0.181 e. The van der Waals surface area contributed by atoms with Gasteiger partial charge in [0.2, 0.25) is 0 Å². The zero-order chi connectivity index (χ0) is 16.1. The molecule has 0 unspecified atom stereocenters. The summed E-state index contributed by atoms with van der Waals surface area (Å²) in [6, 6.07) is 10.1. The van der Waals surface area contributed by atoms with Gasteiger partial charge in [-0.25, -0.2) is 0 Å². The molecule has 0 saturated carbocycles. The zero-order valence-corrected chi connectivity index (χ0v) is 13.7. The van der Waals surface area contributed by atoms with Crippen molar-refractivity contribution in [2.24, 2.45) is 0 Å². The highest BCUT2D eigenvalue weighted by molar-refractivity contribution is 6.36. The van der Waals surface area contributed by atoms with Gasteiger partial charge in [-0.2, -0.15) is 0 Å². The van der Waals surface area contributed by atoms with Gasteiger partial charge in [-0.3, -0.25) is 4.79 Å². The molecule has 0 aromatic heterocycles. The summed E-state index contributed by atoms with van der Waals surface area (Å²) in [5, 5.41) is 4.00. The molecule has 2 aromatic carbocycles. The van der Waals surface area contributed by atoms with Crippen LogP contribution in [0.4, 0.5) is 5.69 Å². The molecule has 6 heteroatoms. The average Bonchev–Trinajstić information content (AvgIpc) is 2.53. The summed E-state index contributed by atoms with van der Waals surface area (Å²) < 4.78 is 10.3. The van der Waals surface area contributed by atoms with Crippen LogP contribution < -0.4 is 14.8 Å². The number of benzene rings is 2. The first-order valence-corrected chi connectivity index (χ1v) is 7.25. The van der Waals surface area contributed by atoms with Crippen LogP contribution in [0.3, 0.4) is 0 Å². The monoisotopic (exact) mass is 339 g/mol. The molecule has 0 radical (unpaired) electrons. The number of hydrogen-bond acceptors (Lipinski definition) is 4. The van der Waals surface area contributed by atoms with E-state index in [0.717, 1.165) is 0 Å². The highest BCUT2D eigenvalue weighted by Gasteiger charge is 2.11. The van der Waals surface area contributed by atoms with Gasteiger partial charge < -0.3 is 14.8 Å². The molecule has 0 saturated heterocycles. The van der Waals surface area contributed by atoms with Crippen molar-refractivity contribution < 1.29 is 14.3 Å². The predicted molar refractivity (Wildman–Crippen MR) is 88.8 cm³/mol. The van der Waals surface area contributed by atoms with E-state index in [4.69, 9.17) is 32.7 Å². The maximum absolute atomic E-state index is 12.2. The molecule has 0 amide bonds. The maximum Gasteiger partial charge on any atom is 0.181 e. The minimum Gasteiger partial charge on any atom is -0.493 e. The Labute approximate surface area is 138 Å². The maximum atomic E-state index is 12.2. The molecule has 0 aliphatic heterocycles. The lowest BCUT2D eigenvalue weighted by molar-refractivity contribution is 0.101. The van der Waals surface area contributed by atoms with E-state index in [1.54, 1.807) is 43.5 Å². The zero-order valence-electron chi connectivity index (χ0n) is 12.2. The van der Waals surface area contributed by atoms with E-state index < -0.39 is 0 Å². The number of methoxy groups -OCH3 is 2. The van der Waals surface area contributed by atoms with Gasteiger partial charge in [0, 0.05) is 10.6 Å². The Kier molecular flexibility index (Phi) is 5.52. The third-order valence-electron chi connectivity index (χ3n) is 3.08. The van der Waals surface area contributed by atoms with Gasteiger partial charge in [-0.1, -0.05) is 23.2 Å². The van der Waals surface area contributed by atoms with Crippen molar-refractivity contribution in [1.29, 1.82) is 0 Å². The topological polar surface area (TPSA) is 47.6 Å². The molecule has 0 heterocycles. The van der Waals surface area contributed by atoms with E-state index in [2.05, 4.69) is 5.32 Å². The third-order valence-corrected chi connectivity index (χ3v) is 3.62. The van der Waals surface area contributed by atoms with Crippen molar-refractivity contribution in [3.63, 3.8) is 0 Å². The number of hydrogen-bond donors (Lipinski definition) is 1. The number of nitrogens with one attached hydrogen (secondary N) is 1. The van der Waals surface area contributed by atoms with Gasteiger partial charge in [-0.05, 0) is 36.4 Å². The Hall–Kier alpha value is -1.91. The van der Waals surface area contributed by atoms with Crippen LogP contribution in [0, 0.1) is 0 Å². The molecule has 2 aromatic rings. The van der Waals surface area contributed by atoms with Crippen molar-refractivity contribution in [1.82, 2.24) is 0 Å². The first kappa shape index (κ1) is 16.5. The standard InChI is InChI=1S/C16H15Cl2NO3/c1-21-15-6-3-10(7-16(15)22-2)14(20)9-19-13-5-4-11(17)8-12(13)18/h3-8,19H,9H2,1-2H3. The second-order valence-corrected chi connectivity index (χ2v) is 5.31. The summed E-state index contributed by atoms with van der Waals surface area (Å²) in [6.07, 6.45) is 0. The summed E-state index contributed by atoms with van der Waals surface area (Å²) in [5.74, 6) is 0.998. The number of halogens is 2. The van der Waals surface area contributed by atoms with Crippen molar-refractivity contribution in [3.05, 3.63) is 52.0 Å². The van der Waals surface area contributed by atoms with E-state index in [9.17, 15) is 4.79 Å². The van der Waals surface area contributed by atoms with Gasteiger partial charge in [0.05, 0.1) is 31.5 Å². The van der Waals surface area contributed by atoms with Gasteiger partial charge in [0.1, 0.15) is 0 Å². The van der Waals surface area contributed by atoms with Gasteiger partial charge in [-0.15, -0.1) is 0 Å². The highest BCUT2D eigenvalue weighted by atomic mass is 35.5. The van der Waals surface area contributed by atoms with Crippen molar-refractivity contribution in [2.45, 2.75) is 0 Å². The number of carbonyl (C=O) groups excluding carboxylic acids is 1. The Morgan fingerprint density at radius 2 is 1.77 bits per heavy atom. The van der Waals surface area contributed by atoms with Crippen LogP contribution in [0.1, 0.15) is 10.4 Å². The van der Waals surface area contributed by atoms with Crippen LogP contribution in [0.2, 0.25) is 10.0 Å². The van der Waals surface area contributed by atoms with Gasteiger partial charge >= 0.3 is 0 Å². The lowest BCUT2D eigenvalue weighted by atomic mass is 10.1. The fourth-order valence-electron chi connectivity index (χ4n) is 1.92. The molecule has 1 N–H and O–H groups in total. The number of Topliss-reactive ketones (excluding diaryl/α,β-unsaturated/α-hetero) is 1. The minimum absolute atomic E-state index is 0.0908. The van der Waals surface area contributed by atoms with Crippen molar-refractivity contribution >= 4 is 34.7 Å². The predicted octanol–water partition coefficient (Wildman–Crippen LogP) is 4.31. The van der Waals surface area contributed by atoms with Gasteiger partial charge in [0.25, 0.3) is 0 Å². The molecular formula is C16H15Cl2NO3. The number of anilines is 1. The second kappa shape index (κ2) is 7.38. The lowest BCUT2D eigenvalue weighted by Gasteiger charge is -2.10. The molecule has 116 valence electrons. The normalized spacial score (nSPS) is 10.2. The van der Waals surface area contributed by atoms with E-state index in [1.807, 2.05) is 0 Å². The summed E-state index contributed by atoms with van der Waals surface area (Å²) in [6.45, 7) is 0.108. The first-order chi connectivity index (χ1) is 10.5. The Morgan fingerprint density at radius 3 is 2.41 bits per heavy atom. The minimum atomic E-state index is -0.0908. The van der Waals surface area contributed by atoms with Crippen LogP contribution in [0.25, 0.3) is 0 Å². The summed E-state index contributed by atoms with van der Waals surface area (Å²) in [4.78, 5) is 12.2. The fraction of sp³-hybridized carbons (Fsp3) is 0.188. The summed E-state index contributed by atoms with van der Waals surface area (Å²) in [5.41, 5.74) is 1.18. The van der Waals surface area contributed by atoms with E-state index in [0.29, 0.717) is 32.8 Å². The molecule has 0 bridgehead atoms. The highest BCUT2D eigenvalue weighted by Crippen LogP contribution is 2.28. The van der Waals surface area contributed by atoms with Crippen LogP contribution >= 0.6 is 23.2 Å². The van der Waals surface area contributed by atoms with Crippen LogP contribution in [0.5, 0.6) is 11.5 Å². The molecule has 0 aliphatic rings. The van der Waals surface area contributed by atoms with Crippen LogP contribution in [0.15, 0.2) is 36.4 Å². The van der Waals surface area contributed by atoms with Crippen LogP contribution in [-0.2, 0) is 0 Å². The summed E-state index contributed by atoms with van der Waals surface area (Å²) >= 11 is 11.9. The molecule has 0 spiro atoms. The fourth-order valence-corrected chi connectivity index (χ4v) is 2.40. The van der Waals surface area contributed by atoms with Crippen molar-refractivity contribution in [2.75, 3.05) is 26.1 Å². The van der Waals surface area contributed by atoms with Crippen molar-refractivity contribution in [3.8, 4) is 11.5 Å². The summed E-state index contributed by atoms with van der Waals surface area (Å²) in [7, 11) is 3.07. The molecular weight excluding hydrogens is 325 g/mol. The van der Waals surface area contributed by atoms with E-state index >= 15 is 0 Å². The molecule has 0 atom stereocenters. The molecule has 2 rings (SSSR count). The van der Waals surface area contributed by atoms with E-state index in [-0.39, 0.29) is 12.3 Å². The molecule has 0 aliphatic carbocycles. The number of carbonyl (C=O) groups is 1. The first-order valence-electron chi connectivity index (χ1n) is 6.49. The molecule has 22 heavy (non-hydrogen) atoms. The Bertz CT molecular complexity index is 689. The SMILES string of the molecule is COc1ccc(C(=O)CNc2ccc(Cl)cc2Cl)cc1OC. The average molecular weight is 340 g/mol. The second-order valence-electron chi connectivity index (χ2n) is 4.47. The largest absolute Gasteiger partial charge is 0.493 e. The lowest BCUT2D eigenvalue weighted by Crippen LogP contribution is -2.14. The van der Waals surface area contributed by atoms with Gasteiger partial charge in [0.15, 0.2) is 17.3 Å². The Balaban J connectivity index is 2.09. The molecule has 4 nitrogen and oxygen atoms in total. The number of ether oxygens (including phenoxy) is 2.